The molecular weight excluding hydrogens is 605 g/mol. The van der Waals surface area contributed by atoms with Gasteiger partial charge in [0, 0.05) is 0 Å². The summed E-state index contributed by atoms with van der Waals surface area (Å²) in [4.78, 5) is 27.4. The topological polar surface area (TPSA) is 127 Å². The van der Waals surface area contributed by atoms with Gasteiger partial charge in [-0.05, 0) is 94.7 Å². The van der Waals surface area contributed by atoms with Crippen LogP contribution in [0.3, 0.4) is 0 Å². The fourth-order valence-electron chi connectivity index (χ4n) is 4.23. The molecule has 0 atom stereocenters. The van der Waals surface area contributed by atoms with Gasteiger partial charge in [-0.3, -0.25) is 15.0 Å². The number of aliphatic imine (C=N–C) groups is 1. The third kappa shape index (κ3) is 9.21. The van der Waals surface area contributed by atoms with E-state index in [2.05, 4.69) is 10.3 Å². The molecule has 0 radical (unpaired) electrons. The summed E-state index contributed by atoms with van der Waals surface area (Å²) in [6.45, 7) is 3.05. The van der Waals surface area contributed by atoms with E-state index < -0.39 is 0 Å². The molecule has 226 valence electrons. The van der Waals surface area contributed by atoms with Crippen LogP contribution in [0, 0.1) is 12.3 Å². The number of hydrogen-bond donors (Lipinski definition) is 3. The number of hydrogen-bond acceptors (Lipinski definition) is 8. The lowest BCUT2D eigenvalue weighted by Gasteiger charge is -2.10. The number of benzene rings is 4. The average Bonchev–Trinajstić information content (AvgIpc) is 3.54. The van der Waals surface area contributed by atoms with Crippen LogP contribution in [0.1, 0.15) is 27.8 Å². The molecule has 0 unspecified atom stereocenters. The predicted molar refractivity (Wildman–Crippen MR) is 184 cm³/mol. The van der Waals surface area contributed by atoms with Gasteiger partial charge >= 0.3 is 5.24 Å². The Bertz CT molecular complexity index is 1790. The van der Waals surface area contributed by atoms with Gasteiger partial charge in [-0.25, -0.2) is 0 Å². The second-order valence-electron chi connectivity index (χ2n) is 9.91. The highest BCUT2D eigenvalue weighted by atomic mass is 32.2. The second kappa shape index (κ2) is 15.1. The van der Waals surface area contributed by atoms with Crippen LogP contribution >= 0.6 is 23.5 Å². The van der Waals surface area contributed by atoms with E-state index in [1.165, 1.54) is 0 Å². The zero-order chi connectivity index (χ0) is 31.6. The minimum absolute atomic E-state index is 0.155. The molecule has 4 N–H and O–H groups in total. The first-order valence-electron chi connectivity index (χ1n) is 13.9. The normalized spacial score (nSPS) is 15.8. The van der Waals surface area contributed by atoms with Gasteiger partial charge in [-0.2, -0.15) is 4.99 Å². The zero-order valence-electron chi connectivity index (χ0n) is 24.4. The molecular formula is C35H30N4O4S2. The lowest BCUT2D eigenvalue weighted by atomic mass is 10.1. The molecule has 4 aromatic rings. The van der Waals surface area contributed by atoms with E-state index >= 15 is 0 Å². The molecule has 0 spiro atoms. The van der Waals surface area contributed by atoms with Crippen LogP contribution in [-0.2, 0) is 13.2 Å². The van der Waals surface area contributed by atoms with Gasteiger partial charge in [0.05, 0.1) is 9.81 Å². The number of nitrogens with two attached hydrogens (primary N) is 1. The van der Waals surface area contributed by atoms with Crippen molar-refractivity contribution in [2.24, 2.45) is 10.7 Å². The SMILES string of the molecule is Cc1cc(C=C2SC(=O)NC2=N)ccc1OCc1ccccc1.NC1=NC(=O)SC1=Cc1ccc(OCc2ccccc2)cc1. The van der Waals surface area contributed by atoms with Crippen molar-refractivity contribution >= 4 is 57.8 Å². The Morgan fingerprint density at radius 2 is 1.38 bits per heavy atom. The van der Waals surface area contributed by atoms with Crippen LogP contribution in [0.4, 0.5) is 9.59 Å². The zero-order valence-corrected chi connectivity index (χ0v) is 26.0. The Morgan fingerprint density at radius 3 is 1.93 bits per heavy atom. The Hall–Kier alpha value is -5.06. The lowest BCUT2D eigenvalue weighted by Crippen LogP contribution is -2.17. The maximum atomic E-state index is 11.2. The first-order chi connectivity index (χ1) is 21.8. The predicted octanol–water partition coefficient (Wildman–Crippen LogP) is 8.18. The molecule has 2 amide bonds. The molecule has 10 heteroatoms. The largest absolute Gasteiger partial charge is 0.489 e. The Kier molecular flexibility index (Phi) is 10.5. The van der Waals surface area contributed by atoms with Crippen molar-refractivity contribution in [3.05, 3.63) is 141 Å². The lowest BCUT2D eigenvalue weighted by molar-refractivity contribution is 0.264. The van der Waals surface area contributed by atoms with Crippen molar-refractivity contribution in [2.45, 2.75) is 20.1 Å². The van der Waals surface area contributed by atoms with Crippen LogP contribution in [0.25, 0.3) is 12.2 Å². The highest BCUT2D eigenvalue weighted by Gasteiger charge is 2.21. The van der Waals surface area contributed by atoms with Crippen LogP contribution in [0.15, 0.2) is 118 Å². The molecule has 6 rings (SSSR count). The van der Waals surface area contributed by atoms with Crippen LogP contribution in [-0.4, -0.2) is 22.1 Å². The summed E-state index contributed by atoms with van der Waals surface area (Å²) in [5.74, 6) is 2.06. The van der Waals surface area contributed by atoms with Crippen molar-refractivity contribution in [1.29, 1.82) is 5.41 Å². The average molecular weight is 635 g/mol. The molecule has 0 saturated carbocycles. The van der Waals surface area contributed by atoms with Crippen molar-refractivity contribution in [3.63, 3.8) is 0 Å². The molecule has 0 aliphatic carbocycles. The molecule has 0 bridgehead atoms. The van der Waals surface area contributed by atoms with Crippen LogP contribution in [0.5, 0.6) is 11.5 Å². The number of rotatable bonds is 8. The number of ether oxygens (including phenoxy) is 2. The monoisotopic (exact) mass is 634 g/mol. The minimum atomic E-state index is -0.272. The maximum absolute atomic E-state index is 11.2. The van der Waals surface area contributed by atoms with Gasteiger partial charge in [0.15, 0.2) is 0 Å². The maximum Gasteiger partial charge on any atom is 0.311 e. The summed E-state index contributed by atoms with van der Waals surface area (Å²) < 4.78 is 11.6. The van der Waals surface area contributed by atoms with Gasteiger partial charge in [-0.15, -0.1) is 0 Å². The van der Waals surface area contributed by atoms with Gasteiger partial charge in [0.25, 0.3) is 5.24 Å². The molecule has 0 aromatic heterocycles. The first-order valence-corrected chi connectivity index (χ1v) is 15.6. The summed E-state index contributed by atoms with van der Waals surface area (Å²) in [7, 11) is 0. The Morgan fingerprint density at radius 1 is 0.778 bits per heavy atom. The summed E-state index contributed by atoms with van der Waals surface area (Å²) in [5.41, 5.74) is 10.8. The van der Waals surface area contributed by atoms with E-state index in [-0.39, 0.29) is 22.1 Å². The quantitative estimate of drug-likeness (QED) is 0.178. The molecule has 2 aliphatic rings. The van der Waals surface area contributed by atoms with Crippen LogP contribution < -0.4 is 20.5 Å². The number of thioether (sulfide) groups is 2. The molecule has 2 aliphatic heterocycles. The van der Waals surface area contributed by atoms with Crippen molar-refractivity contribution < 1.29 is 19.1 Å². The molecule has 2 heterocycles. The third-order valence-electron chi connectivity index (χ3n) is 6.50. The number of aryl methyl sites for hydroxylation is 1. The standard InChI is InChI=1S/C18H16N2O2S.C17H14N2O2S/c1-12-9-14(10-16-17(19)20-18(21)23-16)7-8-15(12)22-11-13-5-3-2-4-6-13;18-16-15(22-17(20)19-16)10-12-6-8-14(9-7-12)21-11-13-4-2-1-3-5-13/h2-10H,11H2,1H3,(H2,19,20,21);1-10H,11H2,(H2,18,19,20). The summed E-state index contributed by atoms with van der Waals surface area (Å²) in [6, 6.07) is 33.5. The van der Waals surface area contributed by atoms with E-state index in [1.54, 1.807) is 0 Å². The molecule has 4 aromatic carbocycles. The molecule has 8 nitrogen and oxygen atoms in total. The van der Waals surface area contributed by atoms with Gasteiger partial charge in [0.2, 0.25) is 0 Å². The molecule has 1 saturated heterocycles. The Labute approximate surface area is 269 Å². The second-order valence-corrected chi connectivity index (χ2v) is 11.9. The van der Waals surface area contributed by atoms with Crippen molar-refractivity contribution in [2.75, 3.05) is 0 Å². The highest BCUT2D eigenvalue weighted by molar-refractivity contribution is 8.18. The van der Waals surface area contributed by atoms with Gasteiger partial charge in [-0.1, -0.05) is 78.9 Å². The van der Waals surface area contributed by atoms with Gasteiger partial charge in [0.1, 0.15) is 36.4 Å². The number of carbonyl (C=O) groups is 2. The van der Waals surface area contributed by atoms with Crippen molar-refractivity contribution in [1.82, 2.24) is 5.32 Å². The number of amides is 2. The third-order valence-corrected chi connectivity index (χ3v) is 8.14. The fraction of sp³-hybridized carbons (Fsp3) is 0.0857. The Balaban J connectivity index is 0.000000178. The minimum Gasteiger partial charge on any atom is -0.489 e. The summed E-state index contributed by atoms with van der Waals surface area (Å²) in [5, 5.41) is 9.68. The molecule has 45 heavy (non-hydrogen) atoms. The smallest absolute Gasteiger partial charge is 0.311 e. The number of nitrogens with zero attached hydrogens (tertiary/aromatic N) is 1. The van der Waals surface area contributed by atoms with E-state index in [0.29, 0.717) is 23.0 Å². The van der Waals surface area contributed by atoms with Gasteiger partial charge < -0.3 is 20.5 Å². The summed E-state index contributed by atoms with van der Waals surface area (Å²) in [6.07, 6.45) is 3.67. The first kappa shape index (κ1) is 31.4. The van der Waals surface area contributed by atoms with E-state index in [1.807, 2.05) is 122 Å². The molecule has 1 fully saturated rings. The number of carbonyl (C=O) groups excluding carboxylic acids is 2. The van der Waals surface area contributed by atoms with E-state index in [0.717, 1.165) is 62.8 Å². The number of amidine groups is 2. The summed E-state index contributed by atoms with van der Waals surface area (Å²) >= 11 is 2.08. The van der Waals surface area contributed by atoms with E-state index in [9.17, 15) is 9.59 Å². The van der Waals surface area contributed by atoms with Crippen LogP contribution in [0.2, 0.25) is 0 Å². The van der Waals surface area contributed by atoms with E-state index in [4.69, 9.17) is 20.6 Å². The van der Waals surface area contributed by atoms with Crippen molar-refractivity contribution in [3.8, 4) is 11.5 Å². The number of nitrogens with one attached hydrogen (secondary N) is 2. The highest BCUT2D eigenvalue weighted by Crippen LogP contribution is 2.29. The fourth-order valence-corrected chi connectivity index (χ4v) is 5.61.